The molecule has 2 aromatic rings. The first kappa shape index (κ1) is 14.3. The molecule has 0 atom stereocenters. The zero-order valence-electron chi connectivity index (χ0n) is 12.2. The van der Waals surface area contributed by atoms with Gasteiger partial charge in [-0.25, -0.2) is 0 Å². The first-order valence-electron chi connectivity index (χ1n) is 7.14. The number of nitro groups is 1. The number of fused-ring (bicyclic) bond motifs is 1. The number of benzene rings is 1. The summed E-state index contributed by atoms with van der Waals surface area (Å²) in [6.07, 6.45) is 2.88. The molecule has 0 saturated heterocycles. The predicted molar refractivity (Wildman–Crippen MR) is 81.4 cm³/mol. The van der Waals surface area contributed by atoms with Crippen molar-refractivity contribution in [2.24, 2.45) is 0 Å². The zero-order valence-corrected chi connectivity index (χ0v) is 12.2. The highest BCUT2D eigenvalue weighted by molar-refractivity contribution is 5.40. The van der Waals surface area contributed by atoms with Crippen LogP contribution >= 0.6 is 0 Å². The molecule has 0 fully saturated rings. The minimum absolute atomic E-state index is 0.0260. The van der Waals surface area contributed by atoms with Crippen molar-refractivity contribution < 1.29 is 9.66 Å². The van der Waals surface area contributed by atoms with Crippen LogP contribution in [0.1, 0.15) is 16.7 Å². The molecular weight excluding hydrogens is 284 g/mol. The molecule has 1 aliphatic rings. The Balaban J connectivity index is 1.80. The van der Waals surface area contributed by atoms with E-state index in [9.17, 15) is 14.9 Å². The summed E-state index contributed by atoms with van der Waals surface area (Å²) in [7, 11) is 0. The fourth-order valence-electron chi connectivity index (χ4n) is 2.67. The predicted octanol–water partition coefficient (Wildman–Crippen LogP) is 2.24. The van der Waals surface area contributed by atoms with Gasteiger partial charge in [0.25, 0.3) is 11.2 Å². The SMILES string of the molecule is Cc1cc(=O)n(CCc2ccc3c(c2)CCO3)cc1[N+](=O)[O-]. The van der Waals surface area contributed by atoms with E-state index in [0.717, 1.165) is 17.7 Å². The van der Waals surface area contributed by atoms with E-state index in [1.807, 2.05) is 12.1 Å². The Bertz CT molecular complexity index is 795. The average Bonchev–Trinajstić information content (AvgIpc) is 2.93. The van der Waals surface area contributed by atoms with Crippen molar-refractivity contribution in [2.45, 2.75) is 26.3 Å². The number of ether oxygens (including phenoxy) is 1. The monoisotopic (exact) mass is 300 g/mol. The highest BCUT2D eigenvalue weighted by Gasteiger charge is 2.14. The van der Waals surface area contributed by atoms with E-state index in [0.29, 0.717) is 25.1 Å². The molecule has 0 aliphatic carbocycles. The van der Waals surface area contributed by atoms with Gasteiger partial charge in [0.2, 0.25) is 0 Å². The standard InChI is InChI=1S/C16H16N2O4/c1-11-8-16(19)17(10-14(11)18(20)21)6-4-12-2-3-15-13(9-12)5-7-22-15/h2-3,8-10H,4-7H2,1H3. The maximum Gasteiger partial charge on any atom is 0.288 e. The first-order chi connectivity index (χ1) is 10.5. The molecule has 0 unspecified atom stereocenters. The topological polar surface area (TPSA) is 74.4 Å². The summed E-state index contributed by atoms with van der Waals surface area (Å²) in [5.41, 5.74) is 2.43. The van der Waals surface area contributed by atoms with Gasteiger partial charge in [-0.1, -0.05) is 12.1 Å². The smallest absolute Gasteiger partial charge is 0.288 e. The van der Waals surface area contributed by atoms with Crippen LogP contribution in [-0.2, 0) is 19.4 Å². The van der Waals surface area contributed by atoms with Crippen molar-refractivity contribution in [2.75, 3.05) is 6.61 Å². The van der Waals surface area contributed by atoms with Crippen LogP contribution in [-0.4, -0.2) is 16.1 Å². The summed E-state index contributed by atoms with van der Waals surface area (Å²) < 4.78 is 6.86. The van der Waals surface area contributed by atoms with Gasteiger partial charge in [-0.15, -0.1) is 0 Å². The Kier molecular flexibility index (Phi) is 3.66. The van der Waals surface area contributed by atoms with E-state index in [2.05, 4.69) is 6.07 Å². The second-order valence-electron chi connectivity index (χ2n) is 5.42. The molecule has 0 N–H and O–H groups in total. The normalized spacial score (nSPS) is 12.8. The van der Waals surface area contributed by atoms with Crippen molar-refractivity contribution in [3.63, 3.8) is 0 Å². The van der Waals surface area contributed by atoms with E-state index in [4.69, 9.17) is 4.74 Å². The van der Waals surface area contributed by atoms with E-state index in [1.165, 1.54) is 22.4 Å². The molecule has 1 aliphatic heterocycles. The van der Waals surface area contributed by atoms with Crippen LogP contribution in [0.2, 0.25) is 0 Å². The quantitative estimate of drug-likeness (QED) is 0.641. The Labute approximate surface area is 127 Å². The lowest BCUT2D eigenvalue weighted by Crippen LogP contribution is -2.21. The molecule has 0 spiro atoms. The second kappa shape index (κ2) is 5.63. The molecule has 6 heteroatoms. The molecule has 0 bridgehead atoms. The summed E-state index contributed by atoms with van der Waals surface area (Å²) in [5.74, 6) is 0.923. The Morgan fingerprint density at radius 2 is 2.18 bits per heavy atom. The van der Waals surface area contributed by atoms with Crippen molar-refractivity contribution in [3.8, 4) is 5.75 Å². The molecule has 1 aromatic heterocycles. The summed E-state index contributed by atoms with van der Waals surface area (Å²) in [6.45, 7) is 2.70. The lowest BCUT2D eigenvalue weighted by atomic mass is 10.1. The van der Waals surface area contributed by atoms with Gasteiger partial charge in [-0.2, -0.15) is 0 Å². The van der Waals surface area contributed by atoms with Crippen LogP contribution in [0.4, 0.5) is 5.69 Å². The molecule has 6 nitrogen and oxygen atoms in total. The summed E-state index contributed by atoms with van der Waals surface area (Å²) in [6, 6.07) is 7.31. The van der Waals surface area contributed by atoms with E-state index in [-0.39, 0.29) is 11.2 Å². The van der Waals surface area contributed by atoms with Crippen LogP contribution < -0.4 is 10.3 Å². The van der Waals surface area contributed by atoms with Crippen molar-refractivity contribution >= 4 is 5.69 Å². The minimum Gasteiger partial charge on any atom is -0.493 e. The lowest BCUT2D eigenvalue weighted by molar-refractivity contribution is -0.385. The number of rotatable bonds is 4. The number of aromatic nitrogens is 1. The number of pyridine rings is 1. The van der Waals surface area contributed by atoms with Gasteiger partial charge in [0, 0.05) is 24.6 Å². The third-order valence-electron chi connectivity index (χ3n) is 3.90. The highest BCUT2D eigenvalue weighted by atomic mass is 16.6. The van der Waals surface area contributed by atoms with Gasteiger partial charge in [-0.05, 0) is 30.5 Å². The molecule has 3 rings (SSSR count). The molecule has 1 aromatic carbocycles. The van der Waals surface area contributed by atoms with E-state index >= 15 is 0 Å². The summed E-state index contributed by atoms with van der Waals surface area (Å²) in [4.78, 5) is 22.4. The molecule has 0 saturated carbocycles. The highest BCUT2D eigenvalue weighted by Crippen LogP contribution is 2.26. The van der Waals surface area contributed by atoms with Gasteiger partial charge in [-0.3, -0.25) is 14.9 Å². The van der Waals surface area contributed by atoms with Gasteiger partial charge in [0.05, 0.1) is 17.7 Å². The fraction of sp³-hybridized carbons (Fsp3) is 0.312. The second-order valence-corrected chi connectivity index (χ2v) is 5.42. The van der Waals surface area contributed by atoms with E-state index < -0.39 is 4.92 Å². The Hall–Kier alpha value is -2.63. The minimum atomic E-state index is -0.460. The zero-order chi connectivity index (χ0) is 15.7. The van der Waals surface area contributed by atoms with Gasteiger partial charge in [0.1, 0.15) is 5.75 Å². The first-order valence-corrected chi connectivity index (χ1v) is 7.14. The summed E-state index contributed by atoms with van der Waals surface area (Å²) in [5, 5.41) is 11.0. The van der Waals surface area contributed by atoms with Crippen molar-refractivity contribution in [1.29, 1.82) is 0 Å². The largest absolute Gasteiger partial charge is 0.493 e. The van der Waals surface area contributed by atoms with Gasteiger partial charge in [0.15, 0.2) is 0 Å². The molecule has 0 radical (unpaired) electrons. The Morgan fingerprint density at radius 1 is 1.36 bits per heavy atom. The molecule has 114 valence electrons. The van der Waals surface area contributed by atoms with E-state index in [1.54, 1.807) is 6.92 Å². The van der Waals surface area contributed by atoms with Crippen LogP contribution in [0.25, 0.3) is 0 Å². The van der Waals surface area contributed by atoms with Crippen LogP contribution in [0.15, 0.2) is 35.3 Å². The molecule has 0 amide bonds. The van der Waals surface area contributed by atoms with Crippen LogP contribution in [0, 0.1) is 17.0 Å². The summed E-state index contributed by atoms with van der Waals surface area (Å²) >= 11 is 0. The van der Waals surface area contributed by atoms with Crippen LogP contribution in [0.3, 0.4) is 0 Å². The lowest BCUT2D eigenvalue weighted by Gasteiger charge is -2.08. The Morgan fingerprint density at radius 3 is 2.95 bits per heavy atom. The van der Waals surface area contributed by atoms with Gasteiger partial charge >= 0.3 is 0 Å². The average molecular weight is 300 g/mol. The molecule has 22 heavy (non-hydrogen) atoms. The number of nitrogens with zero attached hydrogens (tertiary/aromatic N) is 2. The maximum absolute atomic E-state index is 11.9. The number of hydrogen-bond donors (Lipinski definition) is 0. The fourth-order valence-corrected chi connectivity index (χ4v) is 2.67. The van der Waals surface area contributed by atoms with Gasteiger partial charge < -0.3 is 9.30 Å². The van der Waals surface area contributed by atoms with Crippen molar-refractivity contribution in [1.82, 2.24) is 4.57 Å². The van der Waals surface area contributed by atoms with Crippen LogP contribution in [0.5, 0.6) is 5.75 Å². The number of hydrogen-bond acceptors (Lipinski definition) is 4. The third kappa shape index (κ3) is 2.72. The number of aryl methyl sites for hydroxylation is 3. The third-order valence-corrected chi connectivity index (χ3v) is 3.90. The molecule has 2 heterocycles. The molecular formula is C16H16N2O4. The maximum atomic E-state index is 11.9. The van der Waals surface area contributed by atoms with Crippen molar-refractivity contribution in [3.05, 3.63) is 67.6 Å².